The molecule has 1 aliphatic carbocycles. The molecule has 2 N–H and O–H groups in total. The van der Waals surface area contributed by atoms with E-state index in [1.807, 2.05) is 0 Å². The van der Waals surface area contributed by atoms with E-state index in [0.29, 0.717) is 0 Å². The molecule has 0 aromatic heterocycles. The van der Waals surface area contributed by atoms with E-state index in [-0.39, 0.29) is 6.04 Å². The summed E-state index contributed by atoms with van der Waals surface area (Å²) in [5, 5.41) is 0. The van der Waals surface area contributed by atoms with E-state index in [0.717, 1.165) is 24.2 Å². The first-order chi connectivity index (χ1) is 7.15. The third-order valence-electron chi connectivity index (χ3n) is 3.29. The molecule has 0 bridgehead atoms. The Morgan fingerprint density at radius 2 is 2.27 bits per heavy atom. The van der Waals surface area contributed by atoms with Crippen LogP contribution in [0.4, 0.5) is 0 Å². The van der Waals surface area contributed by atoms with Gasteiger partial charge in [-0.3, -0.25) is 0 Å². The molecule has 0 saturated carbocycles. The van der Waals surface area contributed by atoms with Crippen molar-refractivity contribution in [1.29, 1.82) is 0 Å². The van der Waals surface area contributed by atoms with Crippen LogP contribution in [-0.4, -0.2) is 7.11 Å². The molecule has 15 heavy (non-hydrogen) atoms. The SMILES string of the molecule is C=C(OC)c1ccc2c(c1C)CC[C@@H]2N. The fourth-order valence-electron chi connectivity index (χ4n) is 2.32. The lowest BCUT2D eigenvalue weighted by atomic mass is 9.97. The molecule has 0 spiro atoms. The fourth-order valence-corrected chi connectivity index (χ4v) is 2.32. The predicted molar refractivity (Wildman–Crippen MR) is 62.5 cm³/mol. The first kappa shape index (κ1) is 10.2. The Balaban J connectivity index is 2.51. The number of ether oxygens (including phenoxy) is 1. The van der Waals surface area contributed by atoms with Crippen molar-refractivity contribution in [3.05, 3.63) is 41.0 Å². The summed E-state index contributed by atoms with van der Waals surface area (Å²) in [6.07, 6.45) is 2.13. The summed E-state index contributed by atoms with van der Waals surface area (Å²) in [7, 11) is 1.65. The Bertz CT molecular complexity index is 409. The maximum Gasteiger partial charge on any atom is 0.119 e. The molecule has 0 fully saturated rings. The van der Waals surface area contributed by atoms with Gasteiger partial charge in [-0.15, -0.1) is 0 Å². The van der Waals surface area contributed by atoms with Crippen LogP contribution in [0.2, 0.25) is 0 Å². The van der Waals surface area contributed by atoms with Gasteiger partial charge in [0.25, 0.3) is 0 Å². The zero-order chi connectivity index (χ0) is 11.0. The van der Waals surface area contributed by atoms with Crippen LogP contribution in [0.15, 0.2) is 18.7 Å². The van der Waals surface area contributed by atoms with Gasteiger partial charge >= 0.3 is 0 Å². The molecule has 80 valence electrons. The predicted octanol–water partition coefficient (Wildman–Crippen LogP) is 2.56. The van der Waals surface area contributed by atoms with Crippen molar-refractivity contribution in [2.75, 3.05) is 7.11 Å². The molecule has 2 rings (SSSR count). The van der Waals surface area contributed by atoms with Crippen LogP contribution in [-0.2, 0) is 11.2 Å². The molecule has 0 heterocycles. The van der Waals surface area contributed by atoms with Crippen LogP contribution < -0.4 is 5.73 Å². The van der Waals surface area contributed by atoms with E-state index in [4.69, 9.17) is 10.5 Å². The van der Waals surface area contributed by atoms with Crippen LogP contribution in [0.3, 0.4) is 0 Å². The second-order valence-electron chi connectivity index (χ2n) is 4.08. The molecule has 0 aliphatic heterocycles. The number of hydrogen-bond acceptors (Lipinski definition) is 2. The number of nitrogens with two attached hydrogens (primary N) is 1. The first-order valence-corrected chi connectivity index (χ1v) is 5.26. The monoisotopic (exact) mass is 203 g/mol. The average molecular weight is 203 g/mol. The summed E-state index contributed by atoms with van der Waals surface area (Å²) in [6, 6.07) is 4.38. The zero-order valence-electron chi connectivity index (χ0n) is 9.34. The van der Waals surface area contributed by atoms with Crippen molar-refractivity contribution in [1.82, 2.24) is 0 Å². The number of rotatable bonds is 2. The van der Waals surface area contributed by atoms with Gasteiger partial charge in [0.1, 0.15) is 5.76 Å². The molecule has 1 atom stereocenters. The average Bonchev–Trinajstić information content (AvgIpc) is 2.61. The van der Waals surface area contributed by atoms with Crippen molar-refractivity contribution in [2.45, 2.75) is 25.8 Å². The van der Waals surface area contributed by atoms with Crippen molar-refractivity contribution in [2.24, 2.45) is 5.73 Å². The molecular weight excluding hydrogens is 186 g/mol. The molecule has 0 saturated heterocycles. The number of methoxy groups -OCH3 is 1. The Labute approximate surface area is 90.7 Å². The highest BCUT2D eigenvalue weighted by Gasteiger charge is 2.22. The summed E-state index contributed by atoms with van der Waals surface area (Å²) < 4.78 is 5.18. The van der Waals surface area contributed by atoms with Crippen LogP contribution >= 0.6 is 0 Å². The number of benzene rings is 1. The maximum absolute atomic E-state index is 6.02. The van der Waals surface area contributed by atoms with Crippen LogP contribution in [0.1, 0.15) is 34.7 Å². The van der Waals surface area contributed by atoms with Gasteiger partial charge in [0, 0.05) is 11.6 Å². The molecule has 1 aromatic rings. The summed E-state index contributed by atoms with van der Waals surface area (Å²) in [6.45, 7) is 6.02. The van der Waals surface area contributed by atoms with E-state index in [2.05, 4.69) is 25.6 Å². The summed E-state index contributed by atoms with van der Waals surface area (Å²) in [4.78, 5) is 0. The Hall–Kier alpha value is -1.28. The minimum Gasteiger partial charge on any atom is -0.497 e. The summed E-state index contributed by atoms with van der Waals surface area (Å²) >= 11 is 0. The molecule has 2 nitrogen and oxygen atoms in total. The van der Waals surface area contributed by atoms with E-state index >= 15 is 0 Å². The van der Waals surface area contributed by atoms with Crippen molar-refractivity contribution in [3.8, 4) is 0 Å². The van der Waals surface area contributed by atoms with E-state index in [1.54, 1.807) is 7.11 Å². The third kappa shape index (κ3) is 1.55. The van der Waals surface area contributed by atoms with Gasteiger partial charge in [-0.05, 0) is 36.5 Å². The van der Waals surface area contributed by atoms with Crippen LogP contribution in [0.5, 0.6) is 0 Å². The molecule has 0 amide bonds. The lowest BCUT2D eigenvalue weighted by Gasteiger charge is -2.13. The van der Waals surface area contributed by atoms with Crippen molar-refractivity contribution in [3.63, 3.8) is 0 Å². The molecule has 2 heteroatoms. The lowest BCUT2D eigenvalue weighted by Crippen LogP contribution is -2.05. The van der Waals surface area contributed by atoms with Gasteiger partial charge < -0.3 is 10.5 Å². The molecular formula is C13H17NO. The fraction of sp³-hybridized carbons (Fsp3) is 0.385. The number of hydrogen-bond donors (Lipinski definition) is 1. The van der Waals surface area contributed by atoms with E-state index in [9.17, 15) is 0 Å². The molecule has 1 aliphatic rings. The molecule has 1 aromatic carbocycles. The maximum atomic E-state index is 6.02. The van der Waals surface area contributed by atoms with E-state index < -0.39 is 0 Å². The molecule has 0 unspecified atom stereocenters. The Morgan fingerprint density at radius 1 is 1.53 bits per heavy atom. The van der Waals surface area contributed by atoms with Gasteiger partial charge in [-0.25, -0.2) is 0 Å². The van der Waals surface area contributed by atoms with Crippen LogP contribution in [0.25, 0.3) is 5.76 Å². The standard InChI is InChI=1S/C13H17NO/c1-8-10(9(2)15-3)4-5-12-11(8)6-7-13(12)14/h4-5,13H,2,6-7,14H2,1,3H3/t13-/m0/s1. The summed E-state index contributed by atoms with van der Waals surface area (Å²) in [5.74, 6) is 0.732. The van der Waals surface area contributed by atoms with Crippen molar-refractivity contribution < 1.29 is 4.74 Å². The highest BCUT2D eigenvalue weighted by molar-refractivity contribution is 5.64. The van der Waals surface area contributed by atoms with Gasteiger partial charge in [-0.2, -0.15) is 0 Å². The van der Waals surface area contributed by atoms with Gasteiger partial charge in [0.15, 0.2) is 0 Å². The second-order valence-corrected chi connectivity index (χ2v) is 4.08. The highest BCUT2D eigenvalue weighted by atomic mass is 16.5. The van der Waals surface area contributed by atoms with Crippen molar-refractivity contribution >= 4 is 5.76 Å². The normalized spacial score (nSPS) is 18.7. The minimum absolute atomic E-state index is 0.212. The third-order valence-corrected chi connectivity index (χ3v) is 3.29. The quantitative estimate of drug-likeness (QED) is 0.750. The zero-order valence-corrected chi connectivity index (χ0v) is 9.34. The van der Waals surface area contributed by atoms with E-state index in [1.165, 1.54) is 16.7 Å². The smallest absolute Gasteiger partial charge is 0.119 e. The second kappa shape index (κ2) is 3.70. The van der Waals surface area contributed by atoms with Gasteiger partial charge in [0.05, 0.1) is 7.11 Å². The molecule has 0 radical (unpaired) electrons. The topological polar surface area (TPSA) is 35.2 Å². The largest absolute Gasteiger partial charge is 0.497 e. The lowest BCUT2D eigenvalue weighted by molar-refractivity contribution is 0.371. The number of fused-ring (bicyclic) bond motifs is 1. The minimum atomic E-state index is 0.212. The first-order valence-electron chi connectivity index (χ1n) is 5.26. The van der Waals surface area contributed by atoms with Gasteiger partial charge in [-0.1, -0.05) is 18.7 Å². The Kier molecular flexibility index (Phi) is 2.53. The van der Waals surface area contributed by atoms with Gasteiger partial charge in [0.2, 0.25) is 0 Å². The highest BCUT2D eigenvalue weighted by Crippen LogP contribution is 2.34. The Morgan fingerprint density at radius 3 is 2.93 bits per heavy atom. The summed E-state index contributed by atoms with van der Waals surface area (Å²) in [5.41, 5.74) is 11.1. The van der Waals surface area contributed by atoms with Crippen LogP contribution in [0, 0.1) is 6.92 Å².